The number of fused-ring (bicyclic) bond motifs is 1. The fraction of sp³-hybridized carbons (Fsp3) is 0.308. The van der Waals surface area contributed by atoms with Crippen LogP contribution in [-0.4, -0.2) is 20.7 Å². The van der Waals surface area contributed by atoms with E-state index in [1.807, 2.05) is 36.0 Å². The first kappa shape index (κ1) is 11.7. The van der Waals surface area contributed by atoms with Gasteiger partial charge < -0.3 is 14.8 Å². The molecule has 1 unspecified atom stereocenters. The second-order valence-corrected chi connectivity index (χ2v) is 4.51. The molecule has 17 heavy (non-hydrogen) atoms. The highest BCUT2D eigenvalue weighted by Gasteiger charge is 2.28. The summed E-state index contributed by atoms with van der Waals surface area (Å²) in [6.07, 6.45) is 1.59. The van der Waals surface area contributed by atoms with Crippen molar-refractivity contribution in [3.05, 3.63) is 36.0 Å². The lowest BCUT2D eigenvalue weighted by atomic mass is 9.90. The maximum atomic E-state index is 10.8. The molecule has 1 aromatic carbocycles. The molecule has 0 amide bonds. The maximum Gasteiger partial charge on any atom is 0.306 e. The first-order valence-corrected chi connectivity index (χ1v) is 5.40. The molecular formula is C13H15NO3. The highest BCUT2D eigenvalue weighted by atomic mass is 16.4. The number of carbonyl (C=O) groups is 1. The van der Waals surface area contributed by atoms with Crippen molar-refractivity contribution in [3.8, 4) is 0 Å². The number of carboxylic acids is 1. The van der Waals surface area contributed by atoms with Gasteiger partial charge in [0.1, 0.15) is 0 Å². The van der Waals surface area contributed by atoms with Crippen LogP contribution in [0.25, 0.3) is 10.9 Å². The molecule has 0 aliphatic rings. The van der Waals surface area contributed by atoms with Crippen LogP contribution in [0.5, 0.6) is 0 Å². The van der Waals surface area contributed by atoms with Gasteiger partial charge in [0.15, 0.2) is 0 Å². The van der Waals surface area contributed by atoms with E-state index in [0.29, 0.717) is 5.56 Å². The smallest absolute Gasteiger partial charge is 0.306 e. The number of benzene rings is 1. The van der Waals surface area contributed by atoms with E-state index in [4.69, 9.17) is 5.11 Å². The summed E-state index contributed by atoms with van der Waals surface area (Å²) in [6, 6.07) is 7.43. The van der Waals surface area contributed by atoms with E-state index >= 15 is 0 Å². The van der Waals surface area contributed by atoms with Gasteiger partial charge in [-0.1, -0.05) is 12.1 Å². The Morgan fingerprint density at radius 3 is 2.76 bits per heavy atom. The van der Waals surface area contributed by atoms with Gasteiger partial charge in [-0.2, -0.15) is 0 Å². The monoisotopic (exact) mass is 233 g/mol. The zero-order chi connectivity index (χ0) is 12.6. The molecule has 0 saturated heterocycles. The zero-order valence-electron chi connectivity index (χ0n) is 9.84. The lowest BCUT2D eigenvalue weighted by Crippen LogP contribution is -2.25. The number of aliphatic carboxylic acids is 1. The topological polar surface area (TPSA) is 62.5 Å². The number of aryl methyl sites for hydroxylation is 1. The molecule has 4 nitrogen and oxygen atoms in total. The van der Waals surface area contributed by atoms with Gasteiger partial charge in [-0.25, -0.2) is 0 Å². The zero-order valence-corrected chi connectivity index (χ0v) is 9.84. The van der Waals surface area contributed by atoms with Crippen molar-refractivity contribution in [1.82, 2.24) is 4.57 Å². The predicted molar refractivity (Wildman–Crippen MR) is 64.7 cm³/mol. The van der Waals surface area contributed by atoms with Gasteiger partial charge in [-0.3, -0.25) is 4.79 Å². The molecule has 1 aromatic heterocycles. The Bertz CT molecular complexity index is 569. The third-order valence-corrected chi connectivity index (χ3v) is 3.00. The third-order valence-electron chi connectivity index (χ3n) is 3.00. The number of aliphatic hydroxyl groups is 1. The highest BCUT2D eigenvalue weighted by molar-refractivity contribution is 5.85. The van der Waals surface area contributed by atoms with Crippen molar-refractivity contribution in [2.24, 2.45) is 7.05 Å². The molecule has 0 aliphatic heterocycles. The number of carboxylic acid groups (broad SMARTS) is 1. The summed E-state index contributed by atoms with van der Waals surface area (Å²) in [7, 11) is 1.91. The van der Waals surface area contributed by atoms with Crippen LogP contribution >= 0.6 is 0 Å². The summed E-state index contributed by atoms with van der Waals surface area (Å²) in [4.78, 5) is 10.8. The number of rotatable bonds is 3. The molecule has 0 fully saturated rings. The summed E-state index contributed by atoms with van der Waals surface area (Å²) in [5, 5.41) is 20.0. The van der Waals surface area contributed by atoms with Crippen LogP contribution in [0.2, 0.25) is 0 Å². The Labute approximate surface area is 99.1 Å². The van der Waals surface area contributed by atoms with Crippen LogP contribution in [0, 0.1) is 0 Å². The molecule has 4 heteroatoms. The molecule has 2 aromatic rings. The van der Waals surface area contributed by atoms with Gasteiger partial charge in [0, 0.05) is 24.1 Å². The van der Waals surface area contributed by atoms with Gasteiger partial charge >= 0.3 is 5.97 Å². The number of nitrogens with zero attached hydrogens (tertiary/aromatic N) is 1. The van der Waals surface area contributed by atoms with Gasteiger partial charge in [0.25, 0.3) is 0 Å². The minimum atomic E-state index is -1.35. The van der Waals surface area contributed by atoms with Crippen LogP contribution in [0.3, 0.4) is 0 Å². The van der Waals surface area contributed by atoms with Crippen molar-refractivity contribution in [2.75, 3.05) is 0 Å². The molecule has 1 heterocycles. The van der Waals surface area contributed by atoms with Crippen molar-refractivity contribution in [2.45, 2.75) is 18.9 Å². The molecule has 0 radical (unpaired) electrons. The first-order chi connectivity index (χ1) is 7.92. The van der Waals surface area contributed by atoms with Crippen LogP contribution in [0.1, 0.15) is 18.9 Å². The molecule has 0 spiro atoms. The molecule has 0 bridgehead atoms. The Hall–Kier alpha value is -1.81. The summed E-state index contributed by atoms with van der Waals surface area (Å²) in [5.41, 5.74) is 0.276. The molecular weight excluding hydrogens is 218 g/mol. The summed E-state index contributed by atoms with van der Waals surface area (Å²) >= 11 is 0. The van der Waals surface area contributed by atoms with Crippen molar-refractivity contribution in [1.29, 1.82) is 0 Å². The molecule has 0 aliphatic carbocycles. The molecule has 1 atom stereocenters. The van der Waals surface area contributed by atoms with E-state index in [1.165, 1.54) is 6.92 Å². The SMILES string of the molecule is Cn1ccc2c(C(C)(O)CC(=O)O)cccc21. The van der Waals surface area contributed by atoms with Crippen LogP contribution in [-0.2, 0) is 17.4 Å². The third kappa shape index (κ3) is 2.03. The normalized spacial score (nSPS) is 14.8. The lowest BCUT2D eigenvalue weighted by Gasteiger charge is -2.22. The molecule has 2 N–H and O–H groups in total. The Balaban J connectivity index is 2.58. The quantitative estimate of drug-likeness (QED) is 0.850. The number of hydrogen-bond donors (Lipinski definition) is 2. The second-order valence-electron chi connectivity index (χ2n) is 4.51. The van der Waals surface area contributed by atoms with Crippen molar-refractivity contribution >= 4 is 16.9 Å². The van der Waals surface area contributed by atoms with Crippen LogP contribution in [0.4, 0.5) is 0 Å². The minimum absolute atomic E-state index is 0.305. The standard InChI is InChI=1S/C13H15NO3/c1-13(17,8-12(15)16)10-4-3-5-11-9(10)6-7-14(11)2/h3-7,17H,8H2,1-2H3,(H,15,16). The fourth-order valence-electron chi connectivity index (χ4n) is 2.16. The van der Waals surface area contributed by atoms with Crippen LogP contribution in [0.15, 0.2) is 30.5 Å². The summed E-state index contributed by atoms with van der Waals surface area (Å²) in [5.74, 6) is -1.01. The van der Waals surface area contributed by atoms with E-state index in [9.17, 15) is 9.90 Å². The number of aromatic nitrogens is 1. The molecule has 90 valence electrons. The largest absolute Gasteiger partial charge is 0.481 e. The summed E-state index contributed by atoms with van der Waals surface area (Å²) < 4.78 is 1.94. The van der Waals surface area contributed by atoms with Gasteiger partial charge in [-0.05, 0) is 24.6 Å². The van der Waals surface area contributed by atoms with E-state index in [1.54, 1.807) is 6.07 Å². The average Bonchev–Trinajstić information content (AvgIpc) is 2.58. The van der Waals surface area contributed by atoms with E-state index < -0.39 is 11.6 Å². The predicted octanol–water partition coefficient (Wildman–Crippen LogP) is 1.86. The van der Waals surface area contributed by atoms with E-state index in [2.05, 4.69) is 0 Å². The molecule has 2 rings (SSSR count). The lowest BCUT2D eigenvalue weighted by molar-refractivity contribution is -0.142. The van der Waals surface area contributed by atoms with Crippen molar-refractivity contribution < 1.29 is 15.0 Å². The first-order valence-electron chi connectivity index (χ1n) is 5.40. The van der Waals surface area contributed by atoms with E-state index in [0.717, 1.165) is 10.9 Å². The number of hydrogen-bond acceptors (Lipinski definition) is 2. The fourth-order valence-corrected chi connectivity index (χ4v) is 2.16. The Morgan fingerprint density at radius 2 is 2.12 bits per heavy atom. The summed E-state index contributed by atoms with van der Waals surface area (Å²) in [6.45, 7) is 1.53. The van der Waals surface area contributed by atoms with Crippen LogP contribution < -0.4 is 0 Å². The molecule has 0 saturated carbocycles. The Morgan fingerprint density at radius 1 is 1.41 bits per heavy atom. The Kier molecular flexibility index (Phi) is 2.67. The van der Waals surface area contributed by atoms with Gasteiger partial charge in [0.05, 0.1) is 12.0 Å². The van der Waals surface area contributed by atoms with Gasteiger partial charge in [-0.15, -0.1) is 0 Å². The second kappa shape index (κ2) is 3.89. The van der Waals surface area contributed by atoms with Gasteiger partial charge in [0.2, 0.25) is 0 Å². The minimum Gasteiger partial charge on any atom is -0.481 e. The van der Waals surface area contributed by atoms with Crippen molar-refractivity contribution in [3.63, 3.8) is 0 Å². The highest BCUT2D eigenvalue weighted by Crippen LogP contribution is 2.31. The van der Waals surface area contributed by atoms with E-state index in [-0.39, 0.29) is 6.42 Å². The maximum absolute atomic E-state index is 10.8. The average molecular weight is 233 g/mol.